The largest absolute Gasteiger partial charge is 0.337 e. The smallest absolute Gasteiger partial charge is 0.255 e. The van der Waals surface area contributed by atoms with Crippen LogP contribution in [0, 0.1) is 0 Å². The molecular formula is C21H23N5O4S. The SMILES string of the molecule is CN(C)S(=O)(=O)c1ccc(NC(=O)c2cccc(NC(=O)CCn3ccnc3)c2)cc1. The van der Waals surface area contributed by atoms with Gasteiger partial charge in [0.15, 0.2) is 0 Å². The Labute approximate surface area is 180 Å². The molecule has 3 aromatic rings. The van der Waals surface area contributed by atoms with Crippen molar-refractivity contribution in [2.45, 2.75) is 17.9 Å². The number of imidazole rings is 1. The predicted octanol–water partition coefficient (Wildman–Crippen LogP) is 2.41. The number of hydrogen-bond acceptors (Lipinski definition) is 5. The minimum Gasteiger partial charge on any atom is -0.337 e. The highest BCUT2D eigenvalue weighted by molar-refractivity contribution is 7.89. The number of nitrogens with zero attached hydrogens (tertiary/aromatic N) is 3. The number of rotatable bonds is 8. The minimum absolute atomic E-state index is 0.135. The molecule has 1 heterocycles. The molecule has 162 valence electrons. The van der Waals surface area contributed by atoms with Gasteiger partial charge in [0.1, 0.15) is 0 Å². The summed E-state index contributed by atoms with van der Waals surface area (Å²) in [7, 11) is -0.630. The maximum absolute atomic E-state index is 12.6. The maximum atomic E-state index is 12.6. The molecule has 2 aromatic carbocycles. The zero-order valence-electron chi connectivity index (χ0n) is 17.1. The third-order valence-electron chi connectivity index (χ3n) is 4.46. The molecule has 0 saturated carbocycles. The van der Waals surface area contributed by atoms with Gasteiger partial charge in [-0.25, -0.2) is 17.7 Å². The van der Waals surface area contributed by atoms with Crippen LogP contribution in [0.2, 0.25) is 0 Å². The van der Waals surface area contributed by atoms with Gasteiger partial charge < -0.3 is 15.2 Å². The van der Waals surface area contributed by atoms with Gasteiger partial charge in [-0.15, -0.1) is 0 Å². The zero-order valence-corrected chi connectivity index (χ0v) is 18.0. The van der Waals surface area contributed by atoms with Gasteiger partial charge in [0.25, 0.3) is 5.91 Å². The Morgan fingerprint density at radius 1 is 1.03 bits per heavy atom. The van der Waals surface area contributed by atoms with Crippen molar-refractivity contribution in [2.75, 3.05) is 24.7 Å². The van der Waals surface area contributed by atoms with Crippen molar-refractivity contribution in [3.05, 3.63) is 72.8 Å². The number of anilines is 2. The number of sulfonamides is 1. The van der Waals surface area contributed by atoms with Crippen LogP contribution in [0.5, 0.6) is 0 Å². The summed E-state index contributed by atoms with van der Waals surface area (Å²) in [6.45, 7) is 0.506. The van der Waals surface area contributed by atoms with Crippen LogP contribution in [0.3, 0.4) is 0 Å². The number of amides is 2. The lowest BCUT2D eigenvalue weighted by atomic mass is 10.1. The Bertz CT molecular complexity index is 1160. The highest BCUT2D eigenvalue weighted by Crippen LogP contribution is 2.18. The number of carbonyl (C=O) groups excluding carboxylic acids is 2. The molecule has 0 bridgehead atoms. The average molecular weight is 442 g/mol. The van der Waals surface area contributed by atoms with E-state index in [-0.39, 0.29) is 23.1 Å². The van der Waals surface area contributed by atoms with Crippen molar-refractivity contribution in [1.82, 2.24) is 13.9 Å². The second kappa shape index (κ2) is 9.54. The zero-order chi connectivity index (χ0) is 22.4. The molecule has 0 aliphatic rings. The van der Waals surface area contributed by atoms with E-state index in [1.807, 2.05) is 0 Å². The molecule has 0 fully saturated rings. The summed E-state index contributed by atoms with van der Waals surface area (Å²) in [6, 6.07) is 12.5. The second-order valence-corrected chi connectivity index (χ2v) is 9.10. The normalized spacial score (nSPS) is 11.3. The minimum atomic E-state index is -3.54. The van der Waals surface area contributed by atoms with Gasteiger partial charge in [-0.3, -0.25) is 9.59 Å². The van der Waals surface area contributed by atoms with Crippen molar-refractivity contribution in [3.63, 3.8) is 0 Å². The monoisotopic (exact) mass is 441 g/mol. The molecule has 0 spiro atoms. The van der Waals surface area contributed by atoms with Gasteiger partial charge in [0.2, 0.25) is 15.9 Å². The van der Waals surface area contributed by atoms with E-state index >= 15 is 0 Å². The summed E-state index contributed by atoms with van der Waals surface area (Å²) in [4.78, 5) is 28.8. The van der Waals surface area contributed by atoms with Gasteiger partial charge in [-0.2, -0.15) is 0 Å². The van der Waals surface area contributed by atoms with Crippen molar-refractivity contribution >= 4 is 33.2 Å². The van der Waals surface area contributed by atoms with Crippen LogP contribution in [-0.2, 0) is 21.4 Å². The number of hydrogen-bond donors (Lipinski definition) is 2. The van der Waals surface area contributed by atoms with E-state index in [4.69, 9.17) is 0 Å². The molecule has 2 N–H and O–H groups in total. The standard InChI is InChI=1S/C21H23N5O4S/c1-25(2)31(29,30)19-8-6-17(7-9-19)24-21(28)16-4-3-5-18(14-16)23-20(27)10-12-26-13-11-22-15-26/h3-9,11,13-15H,10,12H2,1-2H3,(H,23,27)(H,24,28). The lowest BCUT2D eigenvalue weighted by Crippen LogP contribution is -2.22. The predicted molar refractivity (Wildman–Crippen MR) is 117 cm³/mol. The number of aryl methyl sites for hydroxylation is 1. The first kappa shape index (κ1) is 22.2. The number of benzene rings is 2. The topological polar surface area (TPSA) is 113 Å². The van der Waals surface area contributed by atoms with Gasteiger partial charge in [0.05, 0.1) is 11.2 Å². The van der Waals surface area contributed by atoms with Crippen molar-refractivity contribution in [1.29, 1.82) is 0 Å². The Morgan fingerprint density at radius 2 is 1.77 bits per heavy atom. The van der Waals surface area contributed by atoms with E-state index in [9.17, 15) is 18.0 Å². The molecule has 9 nitrogen and oxygen atoms in total. The Balaban J connectivity index is 1.61. The molecule has 1 aromatic heterocycles. The Morgan fingerprint density at radius 3 is 2.42 bits per heavy atom. The number of aromatic nitrogens is 2. The van der Waals surface area contributed by atoms with Gasteiger partial charge >= 0.3 is 0 Å². The molecule has 0 saturated heterocycles. The van der Waals surface area contributed by atoms with E-state index < -0.39 is 10.0 Å². The fraction of sp³-hybridized carbons (Fsp3) is 0.190. The first-order valence-electron chi connectivity index (χ1n) is 9.45. The summed E-state index contributed by atoms with van der Waals surface area (Å²) in [5, 5.41) is 5.49. The van der Waals surface area contributed by atoms with Crippen LogP contribution in [0.25, 0.3) is 0 Å². The van der Waals surface area contributed by atoms with E-state index in [0.29, 0.717) is 23.5 Å². The molecular weight excluding hydrogens is 418 g/mol. The van der Waals surface area contributed by atoms with E-state index in [0.717, 1.165) is 4.31 Å². The summed E-state index contributed by atoms with van der Waals surface area (Å²) >= 11 is 0. The van der Waals surface area contributed by atoms with Crippen LogP contribution >= 0.6 is 0 Å². The molecule has 10 heteroatoms. The maximum Gasteiger partial charge on any atom is 0.255 e. The highest BCUT2D eigenvalue weighted by Gasteiger charge is 2.17. The van der Waals surface area contributed by atoms with E-state index in [1.54, 1.807) is 47.6 Å². The first-order valence-corrected chi connectivity index (χ1v) is 10.9. The molecule has 0 aliphatic carbocycles. The molecule has 2 amide bonds. The Kier molecular flexibility index (Phi) is 6.83. The van der Waals surface area contributed by atoms with Gasteiger partial charge in [-0.1, -0.05) is 6.07 Å². The number of nitrogens with one attached hydrogen (secondary N) is 2. The van der Waals surface area contributed by atoms with Crippen LogP contribution < -0.4 is 10.6 Å². The summed E-state index contributed by atoms with van der Waals surface area (Å²) < 4.78 is 27.2. The third-order valence-corrected chi connectivity index (χ3v) is 6.28. The van der Waals surface area contributed by atoms with Gasteiger partial charge in [-0.05, 0) is 42.5 Å². The van der Waals surface area contributed by atoms with E-state index in [1.165, 1.54) is 38.4 Å². The van der Waals surface area contributed by atoms with Crippen molar-refractivity contribution in [3.8, 4) is 0 Å². The fourth-order valence-corrected chi connectivity index (χ4v) is 3.64. The first-order chi connectivity index (χ1) is 14.8. The van der Waals surface area contributed by atoms with Gasteiger partial charge in [0, 0.05) is 56.4 Å². The number of carbonyl (C=O) groups is 2. The molecule has 0 unspecified atom stereocenters. The highest BCUT2D eigenvalue weighted by atomic mass is 32.2. The molecule has 3 rings (SSSR count). The Hall–Kier alpha value is -3.50. The van der Waals surface area contributed by atoms with Crippen LogP contribution in [-0.4, -0.2) is 48.2 Å². The summed E-state index contributed by atoms with van der Waals surface area (Å²) in [5.74, 6) is -0.554. The molecule has 0 aliphatic heterocycles. The lowest BCUT2D eigenvalue weighted by molar-refractivity contribution is -0.116. The molecule has 31 heavy (non-hydrogen) atoms. The quantitative estimate of drug-likeness (QED) is 0.557. The summed E-state index contributed by atoms with van der Waals surface area (Å²) in [6.07, 6.45) is 5.34. The van der Waals surface area contributed by atoms with Crippen molar-refractivity contribution in [2.24, 2.45) is 0 Å². The molecule has 0 radical (unpaired) electrons. The van der Waals surface area contributed by atoms with Crippen LogP contribution in [0.1, 0.15) is 16.8 Å². The van der Waals surface area contributed by atoms with Crippen LogP contribution in [0.4, 0.5) is 11.4 Å². The molecule has 0 atom stereocenters. The fourth-order valence-electron chi connectivity index (χ4n) is 2.74. The average Bonchev–Trinajstić information content (AvgIpc) is 3.26. The summed E-state index contributed by atoms with van der Waals surface area (Å²) in [5.41, 5.74) is 1.32. The third kappa shape index (κ3) is 5.77. The van der Waals surface area contributed by atoms with E-state index in [2.05, 4.69) is 15.6 Å². The van der Waals surface area contributed by atoms with Crippen molar-refractivity contribution < 1.29 is 18.0 Å². The second-order valence-electron chi connectivity index (χ2n) is 6.95. The van der Waals surface area contributed by atoms with Crippen LogP contribution in [0.15, 0.2) is 72.1 Å². The lowest BCUT2D eigenvalue weighted by Gasteiger charge is -2.12.